The van der Waals surface area contributed by atoms with Gasteiger partial charge in [0.05, 0.1) is 11.9 Å². The van der Waals surface area contributed by atoms with Crippen LogP contribution in [0.4, 0.5) is 5.69 Å². The summed E-state index contributed by atoms with van der Waals surface area (Å²) in [4.78, 5) is 12.0. The Morgan fingerprint density at radius 3 is 2.50 bits per heavy atom. The van der Waals surface area contributed by atoms with Crippen molar-refractivity contribution < 1.29 is 13.2 Å². The molecule has 1 N–H and O–H groups in total. The van der Waals surface area contributed by atoms with E-state index in [4.69, 9.17) is 0 Å². The van der Waals surface area contributed by atoms with Gasteiger partial charge in [-0.3, -0.25) is 9.10 Å². The number of hydrogen-bond acceptors (Lipinski definition) is 3. The zero-order chi connectivity index (χ0) is 16.8. The SMILES string of the molecule is CCCCNC(=O)CN(c1c(C)cccc1CC)S(C)(=O)=O. The fourth-order valence-corrected chi connectivity index (χ4v) is 3.26. The van der Waals surface area contributed by atoms with Crippen LogP contribution in [0.5, 0.6) is 0 Å². The van der Waals surface area contributed by atoms with E-state index in [1.807, 2.05) is 39.0 Å². The highest BCUT2D eigenvalue weighted by atomic mass is 32.2. The lowest BCUT2D eigenvalue weighted by molar-refractivity contribution is -0.119. The molecule has 0 saturated heterocycles. The van der Waals surface area contributed by atoms with Gasteiger partial charge in [0.1, 0.15) is 6.54 Å². The standard InChI is InChI=1S/C16H26N2O3S/c1-5-7-11-17-15(19)12-18(22(4,20)21)16-13(3)9-8-10-14(16)6-2/h8-10H,5-7,11-12H2,1-4H3,(H,17,19). The lowest BCUT2D eigenvalue weighted by Crippen LogP contribution is -2.41. The minimum Gasteiger partial charge on any atom is -0.355 e. The molecular formula is C16H26N2O3S. The van der Waals surface area contributed by atoms with Gasteiger partial charge in [-0.2, -0.15) is 0 Å². The summed E-state index contributed by atoms with van der Waals surface area (Å²) < 4.78 is 25.5. The number of sulfonamides is 1. The number of para-hydroxylation sites is 1. The van der Waals surface area contributed by atoms with Crippen molar-refractivity contribution in [2.75, 3.05) is 23.7 Å². The van der Waals surface area contributed by atoms with E-state index in [-0.39, 0.29) is 12.5 Å². The number of hydrogen-bond donors (Lipinski definition) is 1. The Morgan fingerprint density at radius 2 is 1.95 bits per heavy atom. The predicted molar refractivity (Wildman–Crippen MR) is 90.7 cm³/mol. The van der Waals surface area contributed by atoms with Gasteiger partial charge in [0, 0.05) is 6.54 Å². The van der Waals surface area contributed by atoms with Crippen molar-refractivity contribution in [2.24, 2.45) is 0 Å². The molecule has 0 aliphatic carbocycles. The first-order valence-electron chi connectivity index (χ1n) is 7.64. The smallest absolute Gasteiger partial charge is 0.240 e. The Morgan fingerprint density at radius 1 is 1.27 bits per heavy atom. The van der Waals surface area contributed by atoms with Crippen LogP contribution in [0.25, 0.3) is 0 Å². The van der Waals surface area contributed by atoms with Gasteiger partial charge in [-0.15, -0.1) is 0 Å². The number of nitrogens with zero attached hydrogens (tertiary/aromatic N) is 1. The molecule has 0 aromatic heterocycles. The maximum Gasteiger partial charge on any atom is 0.240 e. The van der Waals surface area contributed by atoms with Crippen molar-refractivity contribution in [1.82, 2.24) is 5.32 Å². The summed E-state index contributed by atoms with van der Waals surface area (Å²) in [5.74, 6) is -0.274. The molecule has 22 heavy (non-hydrogen) atoms. The average molecular weight is 326 g/mol. The van der Waals surface area contributed by atoms with Gasteiger partial charge in [-0.05, 0) is 30.9 Å². The van der Waals surface area contributed by atoms with Gasteiger partial charge in [0.25, 0.3) is 0 Å². The van der Waals surface area contributed by atoms with E-state index >= 15 is 0 Å². The molecule has 0 bridgehead atoms. The molecule has 1 aromatic carbocycles. The first-order valence-corrected chi connectivity index (χ1v) is 9.49. The third kappa shape index (κ3) is 5.02. The summed E-state index contributed by atoms with van der Waals surface area (Å²) in [6.07, 6.45) is 3.71. The molecule has 1 rings (SSSR count). The van der Waals surface area contributed by atoms with Crippen molar-refractivity contribution in [3.63, 3.8) is 0 Å². The van der Waals surface area contributed by atoms with Crippen molar-refractivity contribution in [2.45, 2.75) is 40.0 Å². The molecule has 1 amide bonds. The number of amides is 1. The fourth-order valence-electron chi connectivity index (χ4n) is 2.31. The fraction of sp³-hybridized carbons (Fsp3) is 0.562. The summed E-state index contributed by atoms with van der Waals surface area (Å²) >= 11 is 0. The van der Waals surface area contributed by atoms with E-state index in [9.17, 15) is 13.2 Å². The zero-order valence-electron chi connectivity index (χ0n) is 13.8. The highest BCUT2D eigenvalue weighted by molar-refractivity contribution is 7.92. The number of rotatable bonds is 8. The summed E-state index contributed by atoms with van der Waals surface area (Å²) in [5.41, 5.74) is 2.40. The lowest BCUT2D eigenvalue weighted by atomic mass is 10.1. The second-order valence-electron chi connectivity index (χ2n) is 5.41. The predicted octanol–water partition coefficient (Wildman–Crippen LogP) is 2.24. The quantitative estimate of drug-likeness (QED) is 0.745. The highest BCUT2D eigenvalue weighted by Crippen LogP contribution is 2.27. The van der Waals surface area contributed by atoms with Gasteiger partial charge >= 0.3 is 0 Å². The Labute approximate surface area is 133 Å². The summed E-state index contributed by atoms with van der Waals surface area (Å²) in [6.45, 7) is 6.26. The van der Waals surface area contributed by atoms with Gasteiger partial charge in [0.2, 0.25) is 15.9 Å². The number of carbonyl (C=O) groups is 1. The maximum absolute atomic E-state index is 12.2. The summed E-state index contributed by atoms with van der Waals surface area (Å²) in [6, 6.07) is 5.66. The maximum atomic E-state index is 12.2. The van der Waals surface area contributed by atoms with Crippen LogP contribution in [0.1, 0.15) is 37.8 Å². The molecule has 6 heteroatoms. The third-order valence-electron chi connectivity index (χ3n) is 3.49. The lowest BCUT2D eigenvalue weighted by Gasteiger charge is -2.26. The molecule has 0 heterocycles. The van der Waals surface area contributed by atoms with E-state index in [2.05, 4.69) is 5.32 Å². The minimum absolute atomic E-state index is 0.180. The van der Waals surface area contributed by atoms with Crippen molar-refractivity contribution in [3.8, 4) is 0 Å². The minimum atomic E-state index is -3.53. The molecule has 0 radical (unpaired) electrons. The van der Waals surface area contributed by atoms with Crippen LogP contribution >= 0.6 is 0 Å². The average Bonchev–Trinajstić information content (AvgIpc) is 2.44. The molecule has 0 aliphatic rings. The van der Waals surface area contributed by atoms with E-state index < -0.39 is 10.0 Å². The number of unbranched alkanes of at least 4 members (excludes halogenated alkanes) is 1. The van der Waals surface area contributed by atoms with E-state index in [1.54, 1.807) is 0 Å². The first-order chi connectivity index (χ1) is 10.3. The van der Waals surface area contributed by atoms with Crippen LogP contribution in [0, 0.1) is 6.92 Å². The number of nitrogens with one attached hydrogen (secondary N) is 1. The summed E-state index contributed by atoms with van der Waals surface area (Å²) in [7, 11) is -3.53. The topological polar surface area (TPSA) is 66.5 Å². The monoisotopic (exact) mass is 326 g/mol. The van der Waals surface area contributed by atoms with Gasteiger partial charge < -0.3 is 5.32 Å². The molecule has 1 aromatic rings. The number of benzene rings is 1. The molecule has 0 unspecified atom stereocenters. The van der Waals surface area contributed by atoms with Gasteiger partial charge in [-0.1, -0.05) is 38.5 Å². The second-order valence-corrected chi connectivity index (χ2v) is 7.32. The van der Waals surface area contributed by atoms with E-state index in [0.717, 1.165) is 30.2 Å². The number of anilines is 1. The van der Waals surface area contributed by atoms with Gasteiger partial charge in [-0.25, -0.2) is 8.42 Å². The molecule has 0 saturated carbocycles. The molecule has 124 valence electrons. The number of carbonyl (C=O) groups excluding carboxylic acids is 1. The van der Waals surface area contributed by atoms with Gasteiger partial charge in [0.15, 0.2) is 0 Å². The van der Waals surface area contributed by atoms with Crippen molar-refractivity contribution >= 4 is 21.6 Å². The largest absolute Gasteiger partial charge is 0.355 e. The highest BCUT2D eigenvalue weighted by Gasteiger charge is 2.24. The van der Waals surface area contributed by atoms with Crippen LogP contribution in [0.2, 0.25) is 0 Å². The molecule has 0 fully saturated rings. The Bertz CT molecular complexity index is 612. The molecular weight excluding hydrogens is 300 g/mol. The van der Waals surface area contributed by atoms with Crippen LogP contribution < -0.4 is 9.62 Å². The zero-order valence-corrected chi connectivity index (χ0v) is 14.7. The Balaban J connectivity index is 3.08. The number of aryl methyl sites for hydroxylation is 2. The molecule has 0 atom stereocenters. The normalized spacial score (nSPS) is 11.3. The Kier molecular flexibility index (Phi) is 6.87. The van der Waals surface area contributed by atoms with Crippen LogP contribution in [-0.4, -0.2) is 33.7 Å². The van der Waals surface area contributed by atoms with Crippen molar-refractivity contribution in [1.29, 1.82) is 0 Å². The third-order valence-corrected chi connectivity index (χ3v) is 4.60. The molecule has 5 nitrogen and oxygen atoms in total. The first kappa shape index (κ1) is 18.5. The van der Waals surface area contributed by atoms with Crippen molar-refractivity contribution in [3.05, 3.63) is 29.3 Å². The summed E-state index contributed by atoms with van der Waals surface area (Å²) in [5, 5.41) is 2.77. The van der Waals surface area contributed by atoms with Crippen LogP contribution in [0.15, 0.2) is 18.2 Å². The molecule has 0 aliphatic heterocycles. The van der Waals surface area contributed by atoms with Crippen LogP contribution in [-0.2, 0) is 21.2 Å². The second kappa shape index (κ2) is 8.17. The molecule has 0 spiro atoms. The van der Waals surface area contributed by atoms with Crippen LogP contribution in [0.3, 0.4) is 0 Å². The van der Waals surface area contributed by atoms with E-state index in [0.29, 0.717) is 18.7 Å². The Hall–Kier alpha value is -1.56. The van der Waals surface area contributed by atoms with E-state index in [1.165, 1.54) is 4.31 Å².